The number of nitrogens with one attached hydrogen (secondary N) is 1. The molecule has 6 heteroatoms. The molecule has 5 nitrogen and oxygen atoms in total. The molecule has 0 aromatic carbocycles. The normalized spacial score (nSPS) is 21.5. The van der Waals surface area contributed by atoms with E-state index in [-0.39, 0.29) is 0 Å². The Bertz CT molecular complexity index is 384. The van der Waals surface area contributed by atoms with Crippen molar-refractivity contribution >= 4 is 17.5 Å². The molecule has 0 aliphatic carbocycles. The van der Waals surface area contributed by atoms with Crippen LogP contribution in [0.5, 0.6) is 0 Å². The van der Waals surface area contributed by atoms with E-state index in [1.54, 1.807) is 0 Å². The fraction of sp³-hybridized carbons (Fsp3) is 0.727. The van der Waals surface area contributed by atoms with E-state index in [0.717, 1.165) is 19.5 Å². The lowest BCUT2D eigenvalue weighted by Gasteiger charge is -2.32. The first kappa shape index (κ1) is 12.5. The Morgan fingerprint density at radius 2 is 2.29 bits per heavy atom. The van der Waals surface area contributed by atoms with Crippen LogP contribution in [-0.4, -0.2) is 45.8 Å². The summed E-state index contributed by atoms with van der Waals surface area (Å²) in [4.78, 5) is 6.71. The van der Waals surface area contributed by atoms with Crippen LogP contribution < -0.4 is 5.32 Å². The molecule has 1 saturated heterocycles. The van der Waals surface area contributed by atoms with Gasteiger partial charge >= 0.3 is 0 Å². The minimum Gasteiger partial charge on any atom is -0.349 e. The Kier molecular flexibility index (Phi) is 4.12. The molecule has 1 N–H and O–H groups in total. The predicted octanol–water partition coefficient (Wildman–Crippen LogP) is 1.73. The molecule has 1 atom stereocenters. The second-order valence-electron chi connectivity index (χ2n) is 4.39. The number of hydrogen-bond acceptors (Lipinski definition) is 5. The van der Waals surface area contributed by atoms with Gasteiger partial charge in [-0.05, 0) is 32.9 Å². The first-order valence-electron chi connectivity index (χ1n) is 6.04. The number of piperidine rings is 1. The quantitative estimate of drug-likeness (QED) is 0.892. The molecule has 17 heavy (non-hydrogen) atoms. The van der Waals surface area contributed by atoms with Crippen molar-refractivity contribution in [2.24, 2.45) is 0 Å². The number of nitrogens with zero attached hydrogens (tertiary/aromatic N) is 4. The largest absolute Gasteiger partial charge is 0.349 e. The predicted molar refractivity (Wildman–Crippen MR) is 68.3 cm³/mol. The van der Waals surface area contributed by atoms with Gasteiger partial charge in [0, 0.05) is 12.6 Å². The number of likely N-dealkylation sites (tertiary alicyclic amines) is 1. The molecule has 0 radical (unpaired) electrons. The summed E-state index contributed by atoms with van der Waals surface area (Å²) in [6.45, 7) is 7.35. The molecule has 0 spiro atoms. The van der Waals surface area contributed by atoms with Gasteiger partial charge in [0.05, 0.1) is 5.69 Å². The molecule has 1 aromatic heterocycles. The molecule has 1 aliphatic rings. The fourth-order valence-electron chi connectivity index (χ4n) is 2.10. The second-order valence-corrected chi connectivity index (χ2v) is 4.75. The van der Waals surface area contributed by atoms with Crippen LogP contribution in [0.25, 0.3) is 0 Å². The van der Waals surface area contributed by atoms with Gasteiger partial charge in [0.1, 0.15) is 0 Å². The third kappa shape index (κ3) is 3.26. The third-order valence-electron chi connectivity index (χ3n) is 3.09. The highest BCUT2D eigenvalue weighted by Gasteiger charge is 2.19. The summed E-state index contributed by atoms with van der Waals surface area (Å²) in [5.74, 6) is 0.579. The van der Waals surface area contributed by atoms with Gasteiger partial charge in [-0.2, -0.15) is 0 Å². The average molecular weight is 256 g/mol. The zero-order chi connectivity index (χ0) is 12.3. The Morgan fingerprint density at radius 3 is 3.00 bits per heavy atom. The van der Waals surface area contributed by atoms with E-state index in [0.29, 0.717) is 22.8 Å². The van der Waals surface area contributed by atoms with Crippen LogP contribution in [0.15, 0.2) is 0 Å². The van der Waals surface area contributed by atoms with Crippen molar-refractivity contribution in [3.63, 3.8) is 0 Å². The van der Waals surface area contributed by atoms with Gasteiger partial charge in [0.2, 0.25) is 5.95 Å². The smallest absolute Gasteiger partial charge is 0.243 e. The Labute approximate surface area is 107 Å². The molecule has 2 rings (SSSR count). The van der Waals surface area contributed by atoms with E-state index in [4.69, 9.17) is 11.6 Å². The lowest BCUT2D eigenvalue weighted by atomic mass is 10.1. The van der Waals surface area contributed by atoms with Gasteiger partial charge in [0.15, 0.2) is 5.15 Å². The van der Waals surface area contributed by atoms with E-state index in [2.05, 4.69) is 32.3 Å². The van der Waals surface area contributed by atoms with Crippen LogP contribution in [0.4, 0.5) is 5.95 Å². The molecule has 0 unspecified atom stereocenters. The molecule has 1 aliphatic heterocycles. The van der Waals surface area contributed by atoms with Crippen molar-refractivity contribution < 1.29 is 0 Å². The maximum Gasteiger partial charge on any atom is 0.243 e. The van der Waals surface area contributed by atoms with Crippen LogP contribution in [0.3, 0.4) is 0 Å². The molecular weight excluding hydrogens is 238 g/mol. The summed E-state index contributed by atoms with van der Waals surface area (Å²) in [7, 11) is 0. The number of rotatable bonds is 3. The van der Waals surface area contributed by atoms with Crippen LogP contribution >= 0.6 is 11.6 Å². The van der Waals surface area contributed by atoms with E-state index in [1.807, 2.05) is 6.92 Å². The maximum absolute atomic E-state index is 5.80. The van der Waals surface area contributed by atoms with Crippen LogP contribution in [-0.2, 0) is 0 Å². The summed E-state index contributed by atoms with van der Waals surface area (Å²) in [5.41, 5.74) is 0.715. The topological polar surface area (TPSA) is 53.9 Å². The summed E-state index contributed by atoms with van der Waals surface area (Å²) in [6.07, 6.45) is 2.37. The molecule has 1 fully saturated rings. The number of hydrogen-bond donors (Lipinski definition) is 1. The minimum atomic E-state index is 0.370. The van der Waals surface area contributed by atoms with Gasteiger partial charge in [-0.3, -0.25) is 0 Å². The van der Waals surface area contributed by atoms with Crippen molar-refractivity contribution in [2.45, 2.75) is 32.7 Å². The highest BCUT2D eigenvalue weighted by atomic mass is 35.5. The van der Waals surface area contributed by atoms with Gasteiger partial charge in [-0.15, -0.1) is 10.2 Å². The summed E-state index contributed by atoms with van der Waals surface area (Å²) < 4.78 is 0. The molecule has 0 bridgehead atoms. The lowest BCUT2D eigenvalue weighted by molar-refractivity contribution is 0.226. The molecule has 0 amide bonds. The van der Waals surface area contributed by atoms with Crippen LogP contribution in [0.2, 0.25) is 5.15 Å². The van der Waals surface area contributed by atoms with E-state index in [9.17, 15) is 0 Å². The van der Waals surface area contributed by atoms with Crippen molar-refractivity contribution in [1.29, 1.82) is 0 Å². The van der Waals surface area contributed by atoms with E-state index in [1.165, 1.54) is 13.0 Å². The first-order chi connectivity index (χ1) is 8.19. The second kappa shape index (κ2) is 5.60. The number of likely N-dealkylation sites (N-methyl/N-ethyl adjacent to an activating group) is 1. The maximum atomic E-state index is 5.80. The molecule has 0 saturated carbocycles. The third-order valence-corrected chi connectivity index (χ3v) is 3.44. The molecule has 1 aromatic rings. The molecular formula is C11H18ClN5. The number of anilines is 1. The SMILES string of the molecule is CCN1CCC[C@@H](Nc2nnc(Cl)c(C)n2)C1. The van der Waals surface area contributed by atoms with Gasteiger partial charge in [-0.25, -0.2) is 4.98 Å². The molecule has 94 valence electrons. The number of aromatic nitrogens is 3. The minimum absolute atomic E-state index is 0.370. The van der Waals surface area contributed by atoms with Gasteiger partial charge in [-0.1, -0.05) is 18.5 Å². The lowest BCUT2D eigenvalue weighted by Crippen LogP contribution is -2.42. The number of halogens is 1. The number of aryl methyl sites for hydroxylation is 1. The van der Waals surface area contributed by atoms with Crippen molar-refractivity contribution in [1.82, 2.24) is 20.1 Å². The summed E-state index contributed by atoms with van der Waals surface area (Å²) in [6, 6.07) is 0.408. The van der Waals surface area contributed by atoms with Gasteiger partial charge < -0.3 is 10.2 Å². The van der Waals surface area contributed by atoms with Crippen molar-refractivity contribution in [2.75, 3.05) is 25.0 Å². The average Bonchev–Trinajstić information content (AvgIpc) is 2.34. The Morgan fingerprint density at radius 1 is 1.47 bits per heavy atom. The Hall–Kier alpha value is -0.940. The fourth-order valence-corrected chi connectivity index (χ4v) is 2.18. The summed E-state index contributed by atoms with van der Waals surface area (Å²) in [5, 5.41) is 11.5. The summed E-state index contributed by atoms with van der Waals surface area (Å²) >= 11 is 5.80. The highest BCUT2D eigenvalue weighted by molar-refractivity contribution is 6.29. The first-order valence-corrected chi connectivity index (χ1v) is 6.42. The Balaban J connectivity index is 1.97. The molecule has 2 heterocycles. The monoisotopic (exact) mass is 255 g/mol. The van der Waals surface area contributed by atoms with Crippen LogP contribution in [0, 0.1) is 6.92 Å². The standard InChI is InChI=1S/C11H18ClN5/c1-3-17-6-4-5-9(7-17)14-11-13-8(2)10(12)15-16-11/h9H,3-7H2,1-2H3,(H,13,14,16)/t9-/m1/s1. The van der Waals surface area contributed by atoms with Crippen molar-refractivity contribution in [3.05, 3.63) is 10.8 Å². The van der Waals surface area contributed by atoms with E-state index < -0.39 is 0 Å². The zero-order valence-electron chi connectivity index (χ0n) is 10.3. The van der Waals surface area contributed by atoms with Crippen LogP contribution in [0.1, 0.15) is 25.5 Å². The van der Waals surface area contributed by atoms with E-state index >= 15 is 0 Å². The highest BCUT2D eigenvalue weighted by Crippen LogP contribution is 2.14. The zero-order valence-corrected chi connectivity index (χ0v) is 11.0. The van der Waals surface area contributed by atoms with Gasteiger partial charge in [0.25, 0.3) is 0 Å². The van der Waals surface area contributed by atoms with Crippen molar-refractivity contribution in [3.8, 4) is 0 Å².